The van der Waals surface area contributed by atoms with E-state index >= 15 is 0 Å². The molecule has 0 aromatic rings. The molecule has 0 fully saturated rings. The van der Waals surface area contributed by atoms with Gasteiger partial charge in [-0.3, -0.25) is 4.39 Å². The fraction of sp³-hybridized carbons (Fsp3) is 1.00. The van der Waals surface area contributed by atoms with Crippen LogP contribution in [0.5, 0.6) is 0 Å². The molecule has 0 aliphatic heterocycles. The molecule has 0 bridgehead atoms. The molecule has 0 aromatic heterocycles. The van der Waals surface area contributed by atoms with Gasteiger partial charge in [0, 0.05) is 26.4 Å². The third-order valence-corrected chi connectivity index (χ3v) is 6.20. The Labute approximate surface area is 195 Å². The Morgan fingerprint density at radius 3 is 0.903 bits per heavy atom. The molecule has 2 nitrogen and oxygen atoms in total. The summed E-state index contributed by atoms with van der Waals surface area (Å²) in [6, 6.07) is 0. The van der Waals surface area contributed by atoms with Gasteiger partial charge in [-0.15, -0.1) is 0 Å². The molecule has 0 N–H and O–H groups in total. The first-order valence-electron chi connectivity index (χ1n) is 14.1. The fourth-order valence-corrected chi connectivity index (χ4v) is 4.14. The van der Waals surface area contributed by atoms with Crippen molar-refractivity contribution in [2.24, 2.45) is 0 Å². The zero-order chi connectivity index (χ0) is 22.5. The Balaban J connectivity index is 2.98. The normalized spacial score (nSPS) is 11.4. The maximum absolute atomic E-state index is 12.0. The average molecular weight is 445 g/mol. The van der Waals surface area contributed by atoms with Gasteiger partial charge in [-0.1, -0.05) is 116 Å². The molecule has 31 heavy (non-hydrogen) atoms. The minimum atomic E-state index is -0.145. The number of halogens is 1. The Morgan fingerprint density at radius 2 is 0.613 bits per heavy atom. The molecule has 0 spiro atoms. The van der Waals surface area contributed by atoms with Gasteiger partial charge in [-0.2, -0.15) is 0 Å². The summed E-state index contributed by atoms with van der Waals surface area (Å²) in [5, 5.41) is 0. The molecule has 0 aliphatic rings. The predicted molar refractivity (Wildman–Crippen MR) is 135 cm³/mol. The van der Waals surface area contributed by atoms with Crippen molar-refractivity contribution in [3.63, 3.8) is 0 Å². The van der Waals surface area contributed by atoms with Crippen LogP contribution in [0.2, 0.25) is 0 Å². The van der Waals surface area contributed by atoms with Crippen LogP contribution in [0.25, 0.3) is 0 Å². The van der Waals surface area contributed by atoms with Crippen LogP contribution in [-0.4, -0.2) is 33.1 Å². The van der Waals surface area contributed by atoms with Crippen LogP contribution >= 0.6 is 0 Å². The topological polar surface area (TPSA) is 18.5 Å². The third-order valence-electron chi connectivity index (χ3n) is 6.20. The highest BCUT2D eigenvalue weighted by Gasteiger charge is 1.96. The number of ether oxygens (including phenoxy) is 2. The van der Waals surface area contributed by atoms with E-state index < -0.39 is 0 Å². The van der Waals surface area contributed by atoms with Gasteiger partial charge in [0.2, 0.25) is 0 Å². The zero-order valence-corrected chi connectivity index (χ0v) is 21.3. The van der Waals surface area contributed by atoms with E-state index in [9.17, 15) is 4.39 Å². The van der Waals surface area contributed by atoms with Gasteiger partial charge >= 0.3 is 0 Å². The Hall–Kier alpha value is -0.150. The highest BCUT2D eigenvalue weighted by Crippen LogP contribution is 2.13. The Bertz CT molecular complexity index is 271. The van der Waals surface area contributed by atoms with Crippen LogP contribution in [-0.2, 0) is 9.47 Å². The van der Waals surface area contributed by atoms with E-state index in [0.717, 1.165) is 39.3 Å². The summed E-state index contributed by atoms with van der Waals surface area (Å²) in [6.45, 7) is 5.64. The fourth-order valence-electron chi connectivity index (χ4n) is 4.14. The largest absolute Gasteiger partial charge is 0.382 e. The van der Waals surface area contributed by atoms with Crippen LogP contribution in [0.15, 0.2) is 0 Å². The monoisotopic (exact) mass is 444 g/mol. The van der Waals surface area contributed by atoms with Crippen molar-refractivity contribution < 1.29 is 13.9 Å². The zero-order valence-electron chi connectivity index (χ0n) is 21.3. The van der Waals surface area contributed by atoms with E-state index in [1.54, 1.807) is 0 Å². The number of hydrogen-bond acceptors (Lipinski definition) is 2. The SMILES string of the molecule is CCOCCCCCCCCCCCCCCCCOCCCCCCCCCCF. The van der Waals surface area contributed by atoms with Gasteiger partial charge < -0.3 is 9.47 Å². The van der Waals surface area contributed by atoms with E-state index in [1.165, 1.54) is 128 Å². The van der Waals surface area contributed by atoms with Crippen molar-refractivity contribution in [2.45, 2.75) is 148 Å². The van der Waals surface area contributed by atoms with Crippen LogP contribution in [0.4, 0.5) is 4.39 Å². The number of hydrogen-bond donors (Lipinski definition) is 0. The summed E-state index contributed by atoms with van der Waals surface area (Å²) < 4.78 is 23.1. The Morgan fingerprint density at radius 1 is 0.355 bits per heavy atom. The summed E-state index contributed by atoms with van der Waals surface area (Å²) in [5.74, 6) is 0. The lowest BCUT2D eigenvalue weighted by molar-refractivity contribution is 0.125. The molecule has 3 heteroatoms. The quantitative estimate of drug-likeness (QED) is 0.112. The number of rotatable bonds is 28. The first-order valence-corrected chi connectivity index (χ1v) is 14.1. The first-order chi connectivity index (χ1) is 15.4. The Kier molecular flexibility index (Phi) is 29.7. The summed E-state index contributed by atoms with van der Waals surface area (Å²) >= 11 is 0. The smallest absolute Gasteiger partial charge is 0.0894 e. The molecular formula is C28H57FO2. The minimum absolute atomic E-state index is 0.145. The lowest BCUT2D eigenvalue weighted by atomic mass is 10.0. The molecule has 0 aromatic carbocycles. The van der Waals surface area contributed by atoms with Crippen molar-refractivity contribution in [3.8, 4) is 0 Å². The van der Waals surface area contributed by atoms with Crippen molar-refractivity contribution in [3.05, 3.63) is 0 Å². The standard InChI is InChI=1S/C28H57FO2/c1-2-30-26-22-18-14-10-7-5-3-4-6-8-11-15-19-23-27-31-28-24-20-16-12-9-13-17-21-25-29/h2-28H2,1H3. The molecule has 188 valence electrons. The highest BCUT2D eigenvalue weighted by molar-refractivity contribution is 4.50. The summed E-state index contributed by atoms with van der Waals surface area (Å²) in [7, 11) is 0. The van der Waals surface area contributed by atoms with Crippen molar-refractivity contribution >= 4 is 0 Å². The molecule has 0 unspecified atom stereocenters. The van der Waals surface area contributed by atoms with Crippen molar-refractivity contribution in [2.75, 3.05) is 33.1 Å². The summed E-state index contributed by atoms with van der Waals surface area (Å²) in [6.07, 6.45) is 28.7. The molecule has 0 saturated heterocycles. The lowest BCUT2D eigenvalue weighted by Crippen LogP contribution is -1.97. The van der Waals surface area contributed by atoms with Gasteiger partial charge in [0.1, 0.15) is 0 Å². The van der Waals surface area contributed by atoms with Crippen molar-refractivity contribution in [1.82, 2.24) is 0 Å². The van der Waals surface area contributed by atoms with Crippen molar-refractivity contribution in [1.29, 1.82) is 0 Å². The second-order valence-corrected chi connectivity index (χ2v) is 9.28. The van der Waals surface area contributed by atoms with E-state index in [0.29, 0.717) is 0 Å². The second kappa shape index (κ2) is 29.9. The molecule has 0 saturated carbocycles. The minimum Gasteiger partial charge on any atom is -0.382 e. The molecule has 0 amide bonds. The third kappa shape index (κ3) is 29.9. The second-order valence-electron chi connectivity index (χ2n) is 9.28. The number of alkyl halides is 1. The molecule has 0 rings (SSSR count). The number of unbranched alkanes of at least 4 members (excludes halogenated alkanes) is 20. The van der Waals surface area contributed by atoms with E-state index in [4.69, 9.17) is 9.47 Å². The maximum atomic E-state index is 12.0. The van der Waals surface area contributed by atoms with Gasteiger partial charge in [0.15, 0.2) is 0 Å². The van der Waals surface area contributed by atoms with Gasteiger partial charge in [-0.05, 0) is 32.6 Å². The molecule has 0 atom stereocenters. The van der Waals surface area contributed by atoms with Crippen LogP contribution in [0.3, 0.4) is 0 Å². The molecule has 0 heterocycles. The predicted octanol–water partition coefficient (Wildman–Crippen LogP) is 9.59. The van der Waals surface area contributed by atoms with Gasteiger partial charge in [0.25, 0.3) is 0 Å². The molecular weight excluding hydrogens is 387 g/mol. The van der Waals surface area contributed by atoms with Crippen LogP contribution in [0, 0.1) is 0 Å². The summed E-state index contributed by atoms with van der Waals surface area (Å²) in [5.41, 5.74) is 0. The van der Waals surface area contributed by atoms with E-state index in [1.807, 2.05) is 0 Å². The first kappa shape index (κ1) is 30.9. The molecule has 0 radical (unpaired) electrons. The average Bonchev–Trinajstić information content (AvgIpc) is 2.78. The summed E-state index contributed by atoms with van der Waals surface area (Å²) in [4.78, 5) is 0. The molecule has 0 aliphatic carbocycles. The van der Waals surface area contributed by atoms with Crippen LogP contribution in [0.1, 0.15) is 148 Å². The lowest BCUT2D eigenvalue weighted by Gasteiger charge is -2.05. The van der Waals surface area contributed by atoms with E-state index in [2.05, 4.69) is 6.92 Å². The van der Waals surface area contributed by atoms with E-state index in [-0.39, 0.29) is 6.67 Å². The highest BCUT2D eigenvalue weighted by atomic mass is 19.1. The maximum Gasteiger partial charge on any atom is 0.0894 e. The van der Waals surface area contributed by atoms with Gasteiger partial charge in [-0.25, -0.2) is 0 Å². The van der Waals surface area contributed by atoms with Crippen LogP contribution < -0.4 is 0 Å². The van der Waals surface area contributed by atoms with Gasteiger partial charge in [0.05, 0.1) is 6.67 Å².